The zero-order chi connectivity index (χ0) is 24.2. The number of ether oxygens (including phenoxy) is 2. The number of nitrogens with one attached hydrogen (secondary N) is 1. The van der Waals surface area contributed by atoms with Gasteiger partial charge in [-0.25, -0.2) is 4.98 Å². The number of hydrogen-bond acceptors (Lipinski definition) is 5. The first kappa shape index (κ1) is 22.3. The van der Waals surface area contributed by atoms with Gasteiger partial charge in [0.05, 0.1) is 29.6 Å². The standard InChI is InChI=1S/C27H32N4O4/c1-18(5-4-10-30(17-32)19-8-9-19)28-25(33)21-12-31-13-23(27-14-26(2,15-27)34-16-27)29-24(31)11-22(21)35-20-6-3-7-20/h4-5,10-13,17,19-20H,3,6-9,14-16H2,1-2H3,(H,28,33)/b10-4-,18-5+. The van der Waals surface area contributed by atoms with Crippen LogP contribution in [0.2, 0.25) is 0 Å². The molecule has 35 heavy (non-hydrogen) atoms. The zero-order valence-corrected chi connectivity index (χ0v) is 20.3. The van der Waals surface area contributed by atoms with E-state index in [0.29, 0.717) is 29.7 Å². The number of aromatic nitrogens is 2. The highest BCUT2D eigenvalue weighted by atomic mass is 16.5. The summed E-state index contributed by atoms with van der Waals surface area (Å²) in [5, 5.41) is 2.96. The van der Waals surface area contributed by atoms with Gasteiger partial charge in [0.15, 0.2) is 0 Å². The first-order chi connectivity index (χ1) is 16.9. The van der Waals surface area contributed by atoms with Gasteiger partial charge in [0.1, 0.15) is 11.4 Å². The summed E-state index contributed by atoms with van der Waals surface area (Å²) < 4.78 is 14.1. The molecule has 3 aliphatic carbocycles. The largest absolute Gasteiger partial charge is 0.489 e. The Bertz CT molecular complexity index is 1230. The summed E-state index contributed by atoms with van der Waals surface area (Å²) >= 11 is 0. The second kappa shape index (κ2) is 8.22. The average Bonchev–Trinajstić information content (AvgIpc) is 3.31. The lowest BCUT2D eigenvalue weighted by atomic mass is 9.62. The molecule has 0 unspecified atom stereocenters. The van der Waals surface area contributed by atoms with Crippen LogP contribution >= 0.6 is 0 Å². The van der Waals surface area contributed by atoms with Gasteiger partial charge in [-0.15, -0.1) is 0 Å². The molecule has 0 aromatic carbocycles. The highest BCUT2D eigenvalue weighted by Crippen LogP contribution is 2.58. The number of rotatable bonds is 9. The van der Waals surface area contributed by atoms with Crippen LogP contribution in [-0.2, 0) is 14.9 Å². The highest BCUT2D eigenvalue weighted by Gasteiger charge is 2.61. The van der Waals surface area contributed by atoms with Crippen LogP contribution in [0.25, 0.3) is 5.65 Å². The molecule has 0 atom stereocenters. The first-order valence-corrected chi connectivity index (χ1v) is 12.6. The molecule has 2 aromatic heterocycles. The van der Waals surface area contributed by atoms with Crippen LogP contribution in [0, 0.1) is 0 Å². The van der Waals surface area contributed by atoms with Crippen LogP contribution < -0.4 is 10.1 Å². The quantitative estimate of drug-likeness (QED) is 0.439. The number of hydrogen-bond donors (Lipinski definition) is 1. The van der Waals surface area contributed by atoms with E-state index in [1.807, 2.05) is 29.8 Å². The van der Waals surface area contributed by atoms with Crippen LogP contribution in [0.4, 0.5) is 0 Å². The molecular weight excluding hydrogens is 444 g/mol. The molecule has 8 heteroatoms. The fourth-order valence-electron chi connectivity index (χ4n) is 5.55. The lowest BCUT2D eigenvalue weighted by molar-refractivity contribution is -0.116. The molecule has 1 N–H and O–H groups in total. The van der Waals surface area contributed by atoms with Crippen molar-refractivity contribution in [3.05, 3.63) is 53.8 Å². The van der Waals surface area contributed by atoms with Gasteiger partial charge < -0.3 is 24.1 Å². The molecule has 4 heterocycles. The first-order valence-electron chi connectivity index (χ1n) is 12.6. The Hall–Kier alpha value is -3.13. The SMILES string of the molecule is C/C(=C\C=C/N(C=O)C1CC1)NC(=O)c1cn2cc(C34COC(C)(C3)C4)nc2cc1OC1CCC1. The van der Waals surface area contributed by atoms with E-state index in [-0.39, 0.29) is 23.0 Å². The van der Waals surface area contributed by atoms with Crippen molar-refractivity contribution in [3.8, 4) is 5.75 Å². The fraction of sp³-hybridized carbons (Fsp3) is 0.519. The molecule has 5 aliphatic rings. The number of allylic oxidation sites excluding steroid dienone is 3. The molecule has 2 amide bonds. The monoisotopic (exact) mass is 476 g/mol. The Morgan fingerprint density at radius 1 is 1.29 bits per heavy atom. The summed E-state index contributed by atoms with van der Waals surface area (Å²) in [7, 11) is 0. The minimum absolute atomic E-state index is 0.0142. The lowest BCUT2D eigenvalue weighted by Gasteiger charge is -2.41. The summed E-state index contributed by atoms with van der Waals surface area (Å²) in [5.74, 6) is 0.339. The number of fused-ring (bicyclic) bond motifs is 2. The maximum Gasteiger partial charge on any atom is 0.260 e. The van der Waals surface area contributed by atoms with Gasteiger partial charge in [0.25, 0.3) is 5.91 Å². The molecule has 2 aromatic rings. The van der Waals surface area contributed by atoms with E-state index in [1.54, 1.807) is 23.3 Å². The Morgan fingerprint density at radius 2 is 2.09 bits per heavy atom. The second-order valence-corrected chi connectivity index (χ2v) is 10.9. The van der Waals surface area contributed by atoms with Crippen molar-refractivity contribution in [2.24, 2.45) is 0 Å². The van der Waals surface area contributed by atoms with E-state index in [9.17, 15) is 9.59 Å². The Morgan fingerprint density at radius 3 is 2.71 bits per heavy atom. The summed E-state index contributed by atoms with van der Waals surface area (Å²) in [4.78, 5) is 31.0. The van der Waals surface area contributed by atoms with Gasteiger partial charge in [0.2, 0.25) is 6.41 Å². The summed E-state index contributed by atoms with van der Waals surface area (Å²) in [6.45, 7) is 4.69. The van der Waals surface area contributed by atoms with Crippen LogP contribution in [0.1, 0.15) is 74.8 Å². The van der Waals surface area contributed by atoms with Crippen LogP contribution in [0.15, 0.2) is 42.5 Å². The van der Waals surface area contributed by atoms with Gasteiger partial charge in [-0.05, 0) is 70.9 Å². The lowest BCUT2D eigenvalue weighted by Crippen LogP contribution is -2.45. The smallest absolute Gasteiger partial charge is 0.260 e. The maximum atomic E-state index is 13.3. The van der Waals surface area contributed by atoms with Gasteiger partial charge in [-0.2, -0.15) is 0 Å². The molecule has 0 spiro atoms. The minimum atomic E-state index is -0.230. The van der Waals surface area contributed by atoms with Crippen LogP contribution in [-0.4, -0.2) is 51.0 Å². The third-order valence-electron chi connectivity index (χ3n) is 7.82. The third kappa shape index (κ3) is 4.14. The number of pyridine rings is 1. The molecule has 8 nitrogen and oxygen atoms in total. The number of carbonyl (C=O) groups excluding carboxylic acids is 2. The molecular formula is C27H32N4O4. The average molecular weight is 477 g/mol. The van der Waals surface area contributed by atoms with Crippen molar-refractivity contribution in [2.75, 3.05) is 6.61 Å². The van der Waals surface area contributed by atoms with E-state index in [4.69, 9.17) is 14.5 Å². The van der Waals surface area contributed by atoms with Crippen molar-refractivity contribution in [1.29, 1.82) is 0 Å². The van der Waals surface area contributed by atoms with E-state index >= 15 is 0 Å². The van der Waals surface area contributed by atoms with Crippen molar-refractivity contribution in [3.63, 3.8) is 0 Å². The molecule has 2 aliphatic heterocycles. The predicted molar refractivity (Wildman–Crippen MR) is 130 cm³/mol. The van der Waals surface area contributed by atoms with Gasteiger partial charge >= 0.3 is 0 Å². The van der Waals surface area contributed by atoms with Crippen molar-refractivity contribution < 1.29 is 19.1 Å². The molecule has 184 valence electrons. The summed E-state index contributed by atoms with van der Waals surface area (Å²) in [6, 6.07) is 2.20. The van der Waals surface area contributed by atoms with Gasteiger partial charge in [-0.3, -0.25) is 9.59 Å². The van der Waals surface area contributed by atoms with E-state index in [0.717, 1.165) is 62.7 Å². The van der Waals surface area contributed by atoms with E-state index in [2.05, 4.69) is 12.2 Å². The number of carbonyl (C=O) groups is 2. The highest BCUT2D eigenvalue weighted by molar-refractivity contribution is 5.98. The van der Waals surface area contributed by atoms with Crippen molar-refractivity contribution in [1.82, 2.24) is 19.6 Å². The molecule has 2 saturated heterocycles. The van der Waals surface area contributed by atoms with Gasteiger partial charge in [0, 0.05) is 41.8 Å². The Kier molecular flexibility index (Phi) is 5.25. The number of nitrogens with zero attached hydrogens (tertiary/aromatic N) is 3. The molecule has 0 radical (unpaired) electrons. The topological polar surface area (TPSA) is 85.2 Å². The maximum absolute atomic E-state index is 13.3. The van der Waals surface area contributed by atoms with E-state index < -0.39 is 0 Å². The Balaban J connectivity index is 1.24. The molecule has 5 fully saturated rings. The third-order valence-corrected chi connectivity index (χ3v) is 7.82. The van der Waals surface area contributed by atoms with Crippen molar-refractivity contribution in [2.45, 2.75) is 82.0 Å². The molecule has 2 bridgehead atoms. The number of amides is 2. The normalized spacial score (nSPS) is 28.1. The predicted octanol–water partition coefficient (Wildman–Crippen LogP) is 3.85. The summed E-state index contributed by atoms with van der Waals surface area (Å²) in [6.07, 6.45) is 17.4. The van der Waals surface area contributed by atoms with Crippen molar-refractivity contribution >= 4 is 18.0 Å². The molecule has 3 saturated carbocycles. The summed E-state index contributed by atoms with van der Waals surface area (Å²) in [5.41, 5.74) is 2.95. The fourth-order valence-corrected chi connectivity index (χ4v) is 5.55. The second-order valence-electron chi connectivity index (χ2n) is 10.9. The Labute approximate surface area is 205 Å². The zero-order valence-electron chi connectivity index (χ0n) is 20.3. The van der Waals surface area contributed by atoms with Gasteiger partial charge in [-0.1, -0.05) is 0 Å². The van der Waals surface area contributed by atoms with Crippen LogP contribution in [0.5, 0.6) is 5.75 Å². The minimum Gasteiger partial charge on any atom is -0.489 e. The van der Waals surface area contributed by atoms with E-state index in [1.165, 1.54) is 0 Å². The molecule has 7 rings (SSSR count). The number of imidazole rings is 1. The van der Waals surface area contributed by atoms with Crippen LogP contribution in [0.3, 0.4) is 0 Å².